The number of rotatable bonds is 2. The molecule has 1 aromatic rings. The Balaban J connectivity index is 2.86. The van der Waals surface area contributed by atoms with Crippen molar-refractivity contribution in [2.45, 2.75) is 0 Å². The van der Waals surface area contributed by atoms with E-state index >= 15 is 0 Å². The second-order valence-electron chi connectivity index (χ2n) is 1.30. The van der Waals surface area contributed by atoms with Gasteiger partial charge in [-0.3, -0.25) is 4.79 Å². The van der Waals surface area contributed by atoms with Crippen LogP contribution < -0.4 is 4.52 Å². The molecule has 1 heterocycles. The molecule has 0 aromatic carbocycles. The van der Waals surface area contributed by atoms with Crippen molar-refractivity contribution in [1.82, 2.24) is 5.16 Å². The molecule has 5 heteroatoms. The molecule has 0 aliphatic carbocycles. The first-order valence-electron chi connectivity index (χ1n) is 2.15. The van der Waals surface area contributed by atoms with E-state index in [9.17, 15) is 4.79 Å². The molecule has 9 heavy (non-hydrogen) atoms. The average Bonchev–Trinajstić information content (AvgIpc) is 2.34. The van der Waals surface area contributed by atoms with Gasteiger partial charge in [0, 0.05) is 0 Å². The van der Waals surface area contributed by atoms with Crippen LogP contribution in [0.25, 0.3) is 0 Å². The summed E-state index contributed by atoms with van der Waals surface area (Å²) in [6.45, 7) is 0. The van der Waals surface area contributed by atoms with Crippen LogP contribution in [0.2, 0.25) is 0 Å². The fraction of sp³-hybridized carbons (Fsp3) is 0. The van der Waals surface area contributed by atoms with Crippen molar-refractivity contribution >= 4 is 15.8 Å². The van der Waals surface area contributed by atoms with Crippen LogP contribution >= 0.6 is 9.47 Å². The molecule has 0 spiro atoms. The standard InChI is InChI=1S/C4H4NO3P/c6-2-3-1-4(8-9)5-7-3/h1-2H,9H2. The zero-order valence-electron chi connectivity index (χ0n) is 4.40. The molecule has 0 radical (unpaired) electrons. The average molecular weight is 145 g/mol. The molecule has 4 nitrogen and oxygen atoms in total. The van der Waals surface area contributed by atoms with Crippen LogP contribution in [-0.4, -0.2) is 11.4 Å². The highest BCUT2D eigenvalue weighted by atomic mass is 31.0. The normalized spacial score (nSPS) is 9.00. The molecular weight excluding hydrogens is 141 g/mol. The highest BCUT2D eigenvalue weighted by Gasteiger charge is 1.99. The van der Waals surface area contributed by atoms with E-state index < -0.39 is 0 Å². The SMILES string of the molecule is O=Cc1cc(OP)no1. The molecule has 0 N–H and O–H groups in total. The molecule has 0 saturated heterocycles. The van der Waals surface area contributed by atoms with E-state index in [0.29, 0.717) is 6.29 Å². The van der Waals surface area contributed by atoms with E-state index in [1.807, 2.05) is 9.47 Å². The van der Waals surface area contributed by atoms with Crippen molar-refractivity contribution in [1.29, 1.82) is 0 Å². The smallest absolute Gasteiger partial charge is 0.256 e. The molecule has 48 valence electrons. The van der Waals surface area contributed by atoms with Crippen molar-refractivity contribution < 1.29 is 13.8 Å². The second kappa shape index (κ2) is 2.60. The van der Waals surface area contributed by atoms with Gasteiger partial charge in [0.2, 0.25) is 5.76 Å². The molecule has 1 unspecified atom stereocenters. The van der Waals surface area contributed by atoms with Gasteiger partial charge in [-0.25, -0.2) is 0 Å². The molecule has 0 aliphatic rings. The van der Waals surface area contributed by atoms with Gasteiger partial charge in [0.15, 0.2) is 6.29 Å². The maximum absolute atomic E-state index is 9.94. The number of nitrogens with zero attached hydrogens (tertiary/aromatic N) is 1. The van der Waals surface area contributed by atoms with Crippen LogP contribution in [0.4, 0.5) is 0 Å². The Morgan fingerprint density at radius 2 is 2.67 bits per heavy atom. The fourth-order valence-electron chi connectivity index (χ4n) is 0.383. The first kappa shape index (κ1) is 6.23. The van der Waals surface area contributed by atoms with Crippen molar-refractivity contribution in [2.24, 2.45) is 0 Å². The predicted octanol–water partition coefficient (Wildman–Crippen LogP) is 0.656. The van der Waals surface area contributed by atoms with E-state index in [0.717, 1.165) is 0 Å². The van der Waals surface area contributed by atoms with Gasteiger partial charge in [-0.15, -0.1) is 0 Å². The molecule has 0 bridgehead atoms. The van der Waals surface area contributed by atoms with E-state index in [4.69, 9.17) is 0 Å². The number of aldehydes is 1. The van der Waals surface area contributed by atoms with E-state index in [1.165, 1.54) is 6.07 Å². The lowest BCUT2D eigenvalue weighted by atomic mass is 10.5. The minimum absolute atomic E-state index is 0.160. The molecule has 0 amide bonds. The van der Waals surface area contributed by atoms with Crippen LogP contribution in [0.15, 0.2) is 10.6 Å². The largest absolute Gasteiger partial charge is 0.461 e. The zero-order valence-corrected chi connectivity index (χ0v) is 5.56. The van der Waals surface area contributed by atoms with E-state index in [2.05, 4.69) is 14.2 Å². The van der Waals surface area contributed by atoms with Crippen molar-refractivity contribution in [3.05, 3.63) is 11.8 Å². The molecule has 1 aromatic heterocycles. The van der Waals surface area contributed by atoms with Gasteiger partial charge in [0.05, 0.1) is 15.5 Å². The third kappa shape index (κ3) is 1.27. The summed E-state index contributed by atoms with van der Waals surface area (Å²) in [7, 11) is 1.99. The minimum atomic E-state index is 0.160. The van der Waals surface area contributed by atoms with Crippen LogP contribution in [0.1, 0.15) is 10.6 Å². The Morgan fingerprint density at radius 3 is 3.00 bits per heavy atom. The van der Waals surface area contributed by atoms with Gasteiger partial charge in [-0.1, -0.05) is 0 Å². The van der Waals surface area contributed by atoms with Crippen molar-refractivity contribution in [3.8, 4) is 5.88 Å². The zero-order chi connectivity index (χ0) is 6.69. The lowest BCUT2D eigenvalue weighted by molar-refractivity contribution is 0.109. The highest BCUT2D eigenvalue weighted by molar-refractivity contribution is 7.10. The summed E-state index contributed by atoms with van der Waals surface area (Å²) in [4.78, 5) is 9.94. The Bertz CT molecular complexity index is 209. The monoisotopic (exact) mass is 145 g/mol. The quantitative estimate of drug-likeness (QED) is 0.453. The molecular formula is C4H4NO3P. The number of carbonyl (C=O) groups excluding carboxylic acids is 1. The fourth-order valence-corrected chi connectivity index (χ4v) is 0.494. The second-order valence-corrected chi connectivity index (χ2v) is 1.54. The Kier molecular flexibility index (Phi) is 1.80. The van der Waals surface area contributed by atoms with E-state index in [1.54, 1.807) is 0 Å². The topological polar surface area (TPSA) is 52.3 Å². The number of carbonyl (C=O) groups is 1. The number of hydrogen-bond donors (Lipinski definition) is 0. The maximum atomic E-state index is 9.94. The van der Waals surface area contributed by atoms with Crippen LogP contribution in [0.5, 0.6) is 5.88 Å². The summed E-state index contributed by atoms with van der Waals surface area (Å²) < 4.78 is 9.00. The lowest BCUT2D eigenvalue weighted by Gasteiger charge is -1.82. The summed E-state index contributed by atoms with van der Waals surface area (Å²) in [5.74, 6) is 0.439. The van der Waals surface area contributed by atoms with Crippen molar-refractivity contribution in [2.75, 3.05) is 0 Å². The predicted molar refractivity (Wildman–Crippen MR) is 32.2 cm³/mol. The van der Waals surface area contributed by atoms with Gasteiger partial charge in [-0.05, 0) is 5.16 Å². The minimum Gasteiger partial charge on any atom is -0.461 e. The molecule has 1 rings (SSSR count). The van der Waals surface area contributed by atoms with Crippen LogP contribution in [-0.2, 0) is 0 Å². The molecule has 0 aliphatic heterocycles. The van der Waals surface area contributed by atoms with Gasteiger partial charge in [-0.2, -0.15) is 0 Å². The van der Waals surface area contributed by atoms with E-state index in [-0.39, 0.29) is 11.6 Å². The molecule has 0 fully saturated rings. The van der Waals surface area contributed by atoms with Gasteiger partial charge >= 0.3 is 0 Å². The lowest BCUT2D eigenvalue weighted by Crippen LogP contribution is -1.68. The van der Waals surface area contributed by atoms with Crippen LogP contribution in [0.3, 0.4) is 0 Å². The summed E-state index contributed by atoms with van der Waals surface area (Å²) in [6, 6.07) is 1.39. The first-order valence-corrected chi connectivity index (χ1v) is 2.62. The molecule has 1 atom stereocenters. The number of hydrogen-bond acceptors (Lipinski definition) is 4. The summed E-state index contributed by atoms with van der Waals surface area (Å²) in [5.41, 5.74) is 0. The summed E-state index contributed by atoms with van der Waals surface area (Å²) >= 11 is 0. The first-order chi connectivity index (χ1) is 4.36. The Morgan fingerprint density at radius 1 is 1.89 bits per heavy atom. The summed E-state index contributed by atoms with van der Waals surface area (Å²) in [5, 5.41) is 3.36. The highest BCUT2D eigenvalue weighted by Crippen LogP contribution is 2.10. The van der Waals surface area contributed by atoms with Crippen molar-refractivity contribution in [3.63, 3.8) is 0 Å². The maximum Gasteiger partial charge on any atom is 0.256 e. The van der Waals surface area contributed by atoms with Gasteiger partial charge < -0.3 is 9.05 Å². The third-order valence-corrected chi connectivity index (χ3v) is 0.985. The number of aromatic nitrogens is 1. The van der Waals surface area contributed by atoms with Gasteiger partial charge in [0.1, 0.15) is 0 Å². The van der Waals surface area contributed by atoms with Gasteiger partial charge in [0.25, 0.3) is 5.88 Å². The third-order valence-electron chi connectivity index (χ3n) is 0.744. The Labute approximate surface area is 53.5 Å². The molecule has 0 saturated carbocycles. The Hall–Kier alpha value is -0.890. The van der Waals surface area contributed by atoms with Crippen LogP contribution in [0, 0.1) is 0 Å². The summed E-state index contributed by atoms with van der Waals surface area (Å²) in [6.07, 6.45) is 0.556.